The van der Waals surface area contributed by atoms with E-state index in [9.17, 15) is 19.8 Å². The number of nitrogen functional groups attached to an aromatic ring is 2. The van der Waals surface area contributed by atoms with Crippen molar-refractivity contribution in [3.05, 3.63) is 41.0 Å². The first-order valence-electron chi connectivity index (χ1n) is 15.4. The molecule has 49 heavy (non-hydrogen) atoms. The van der Waals surface area contributed by atoms with Crippen LogP contribution in [0, 0.1) is 0 Å². The quantitative estimate of drug-likeness (QED) is 0.0930. The van der Waals surface area contributed by atoms with Crippen LogP contribution < -0.4 is 11.5 Å². The highest BCUT2D eigenvalue weighted by atomic mass is 16.4. The van der Waals surface area contributed by atoms with Crippen LogP contribution in [0.25, 0.3) is 11.8 Å². The number of rotatable bonds is 14. The average molecular weight is 673 g/mol. The van der Waals surface area contributed by atoms with E-state index in [1.54, 1.807) is 14.1 Å². The molecule has 5 rings (SSSR count). The summed E-state index contributed by atoms with van der Waals surface area (Å²) in [5.74, 6) is -1.56. The molecule has 20 nitrogen and oxygen atoms in total. The molecule has 0 spiro atoms. The van der Waals surface area contributed by atoms with Gasteiger partial charge in [-0.25, -0.2) is 14.2 Å². The third kappa shape index (κ3) is 6.87. The first kappa shape index (κ1) is 34.0. The lowest BCUT2D eigenvalue weighted by atomic mass is 10.2. The fourth-order valence-corrected chi connectivity index (χ4v) is 4.82. The lowest BCUT2D eigenvalue weighted by Crippen LogP contribution is -2.11. The molecule has 5 aromatic heterocycles. The van der Waals surface area contributed by atoms with Gasteiger partial charge in [0.25, 0.3) is 5.95 Å². The molecule has 0 aliphatic rings. The number of hydrogen-bond donors (Lipinski definition) is 4. The van der Waals surface area contributed by atoms with E-state index in [1.807, 2.05) is 13.8 Å². The summed E-state index contributed by atoms with van der Waals surface area (Å²) in [5, 5.41) is 54.6. The summed E-state index contributed by atoms with van der Waals surface area (Å²) >= 11 is 0. The van der Waals surface area contributed by atoms with Crippen molar-refractivity contribution >= 4 is 46.4 Å². The Labute approximate surface area is 279 Å². The molecule has 0 aliphatic carbocycles. The highest BCUT2D eigenvalue weighted by Crippen LogP contribution is 2.35. The van der Waals surface area contributed by atoms with Gasteiger partial charge in [0.15, 0.2) is 46.2 Å². The number of unbranched alkanes of at least 4 members (excludes halogenated alkanes) is 2. The number of nitrogens with two attached hydrogens (primary N) is 2. The summed E-state index contributed by atoms with van der Waals surface area (Å²) in [5.41, 5.74) is 14.7. The Balaban J connectivity index is 1.59. The lowest BCUT2D eigenvalue weighted by Gasteiger charge is -2.07. The fourth-order valence-electron chi connectivity index (χ4n) is 4.82. The highest BCUT2D eigenvalue weighted by molar-refractivity contribution is 5.98. The number of nitrogens with zero attached hydrogens (tertiary/aromatic N) is 14. The van der Waals surface area contributed by atoms with Crippen LogP contribution in [0.5, 0.6) is 5.88 Å². The van der Waals surface area contributed by atoms with Crippen LogP contribution in [-0.4, -0.2) is 71.1 Å². The second-order valence-electron chi connectivity index (χ2n) is 11.0. The van der Waals surface area contributed by atoms with E-state index in [0.717, 1.165) is 25.7 Å². The molecule has 0 amide bonds. The molecule has 0 unspecified atom stereocenters. The molecule has 0 bridgehead atoms. The molecule has 5 aromatic rings. The Bertz CT molecular complexity index is 1940. The van der Waals surface area contributed by atoms with Crippen LogP contribution in [0.15, 0.2) is 38.9 Å². The van der Waals surface area contributed by atoms with Crippen molar-refractivity contribution in [2.24, 2.45) is 34.6 Å². The smallest absolute Gasteiger partial charge is 0.341 e. The molecule has 256 valence electrons. The standard InChI is InChI=1S/C29H36N16O4/c1-6-8-10-18-22(36-39-27-17(28(48)49)14-33-43(27)5)24(30)44(40-18)20-12-21(47)35-29(34-20)45-25(31)23(19(41-45)11-9-7-2)37-38-26-16(15(3)46)13-32-42(26)4/h12-14H,6-11,30-31H2,1-5H3,(H,48,49)(H,34,35,47)/b38-37+,39-36+. The monoisotopic (exact) mass is 672 g/mol. The van der Waals surface area contributed by atoms with Crippen molar-refractivity contribution in [3.63, 3.8) is 0 Å². The Morgan fingerprint density at radius 2 is 1.31 bits per heavy atom. The normalized spacial score (nSPS) is 11.8. The van der Waals surface area contributed by atoms with E-state index in [2.05, 4.69) is 50.8 Å². The zero-order chi connectivity index (χ0) is 35.4. The Kier molecular flexibility index (Phi) is 9.85. The van der Waals surface area contributed by atoms with Gasteiger partial charge in [-0.1, -0.05) is 26.7 Å². The number of carbonyl (C=O) groups excluding carboxylic acids is 1. The van der Waals surface area contributed by atoms with Crippen molar-refractivity contribution in [2.45, 2.75) is 59.3 Å². The average Bonchev–Trinajstić information content (AvgIpc) is 3.80. The summed E-state index contributed by atoms with van der Waals surface area (Å²) < 4.78 is 5.21. The first-order valence-corrected chi connectivity index (χ1v) is 15.4. The molecule has 0 radical (unpaired) electrons. The van der Waals surface area contributed by atoms with Crippen molar-refractivity contribution in [1.82, 2.24) is 49.1 Å². The number of Topliss-reactive ketones (excluding diaryl/α,β-unsaturated/α-hetero) is 1. The van der Waals surface area contributed by atoms with Gasteiger partial charge in [0.2, 0.25) is 5.88 Å². The van der Waals surface area contributed by atoms with Crippen LogP contribution >= 0.6 is 0 Å². The molecule has 0 aliphatic heterocycles. The Morgan fingerprint density at radius 1 is 0.796 bits per heavy atom. The second kappa shape index (κ2) is 14.2. The van der Waals surface area contributed by atoms with E-state index < -0.39 is 11.8 Å². The number of ketones is 1. The molecular weight excluding hydrogens is 636 g/mol. The number of aromatic carboxylic acids is 1. The SMILES string of the molecule is CCCCc1nn(-c2cc(O)nc(-n3nc(CCCC)c(/N=N/c4c(C(C)=O)cnn4C)c3N)n2)c(N)c1/N=N/c1c(C(=O)O)cnn1C. The third-order valence-electron chi connectivity index (χ3n) is 7.47. The van der Waals surface area contributed by atoms with Gasteiger partial charge < -0.3 is 21.7 Å². The summed E-state index contributed by atoms with van der Waals surface area (Å²) in [6.07, 6.45) is 6.80. The zero-order valence-corrected chi connectivity index (χ0v) is 27.6. The minimum atomic E-state index is -1.21. The molecule has 20 heteroatoms. The number of aromatic hydroxyl groups is 1. The Morgan fingerprint density at radius 3 is 1.84 bits per heavy atom. The molecule has 0 aromatic carbocycles. The number of carboxylic acid groups (broad SMARTS) is 1. The number of azo groups is 2. The maximum atomic E-state index is 12.1. The Hall–Kier alpha value is -6.34. The molecule has 6 N–H and O–H groups in total. The molecule has 0 fully saturated rings. The number of aryl methyl sites for hydroxylation is 4. The van der Waals surface area contributed by atoms with Crippen LogP contribution in [-0.2, 0) is 26.9 Å². The molecule has 0 atom stereocenters. The zero-order valence-electron chi connectivity index (χ0n) is 27.6. The number of aromatic nitrogens is 10. The maximum Gasteiger partial charge on any atom is 0.341 e. The van der Waals surface area contributed by atoms with Crippen molar-refractivity contribution in [3.8, 4) is 17.6 Å². The van der Waals surface area contributed by atoms with E-state index in [4.69, 9.17) is 11.5 Å². The third-order valence-corrected chi connectivity index (χ3v) is 7.47. The van der Waals surface area contributed by atoms with E-state index in [1.165, 1.54) is 44.1 Å². The van der Waals surface area contributed by atoms with Gasteiger partial charge >= 0.3 is 5.97 Å². The number of carbonyl (C=O) groups is 2. The summed E-state index contributed by atoms with van der Waals surface area (Å²) in [6.45, 7) is 5.45. The van der Waals surface area contributed by atoms with E-state index in [0.29, 0.717) is 29.8 Å². The lowest BCUT2D eigenvalue weighted by molar-refractivity contribution is 0.0697. The van der Waals surface area contributed by atoms with Crippen molar-refractivity contribution < 1.29 is 19.8 Å². The summed E-state index contributed by atoms with van der Waals surface area (Å²) in [7, 11) is 3.18. The summed E-state index contributed by atoms with van der Waals surface area (Å²) in [6, 6.07) is 1.25. The summed E-state index contributed by atoms with van der Waals surface area (Å²) in [4.78, 5) is 32.5. The predicted molar refractivity (Wildman–Crippen MR) is 176 cm³/mol. The minimum absolute atomic E-state index is 0.0185. The van der Waals surface area contributed by atoms with Crippen LogP contribution in [0.3, 0.4) is 0 Å². The van der Waals surface area contributed by atoms with Crippen molar-refractivity contribution in [1.29, 1.82) is 0 Å². The van der Waals surface area contributed by atoms with Crippen LogP contribution in [0.1, 0.15) is 78.6 Å². The number of anilines is 2. The van der Waals surface area contributed by atoms with Gasteiger partial charge in [0.05, 0.1) is 29.3 Å². The minimum Gasteiger partial charge on any atom is -0.493 e. The van der Waals surface area contributed by atoms with Gasteiger partial charge in [-0.05, 0) is 32.6 Å². The van der Waals surface area contributed by atoms with Gasteiger partial charge in [0.1, 0.15) is 5.56 Å². The number of carboxylic acids is 1. The second-order valence-corrected chi connectivity index (χ2v) is 11.0. The van der Waals surface area contributed by atoms with Crippen LogP contribution in [0.4, 0.5) is 34.6 Å². The molecule has 0 saturated carbocycles. The van der Waals surface area contributed by atoms with Crippen LogP contribution in [0.2, 0.25) is 0 Å². The highest BCUT2D eigenvalue weighted by Gasteiger charge is 2.23. The number of hydrogen-bond acceptors (Lipinski definition) is 15. The van der Waals surface area contributed by atoms with E-state index in [-0.39, 0.29) is 57.8 Å². The largest absolute Gasteiger partial charge is 0.493 e. The van der Waals surface area contributed by atoms with Gasteiger partial charge in [-0.15, -0.1) is 20.5 Å². The van der Waals surface area contributed by atoms with Gasteiger partial charge in [0, 0.05) is 20.2 Å². The van der Waals surface area contributed by atoms with Gasteiger partial charge in [-0.3, -0.25) is 4.79 Å². The topological polar surface area (TPSA) is 273 Å². The predicted octanol–water partition coefficient (Wildman–Crippen LogP) is 4.60. The van der Waals surface area contributed by atoms with Gasteiger partial charge in [-0.2, -0.15) is 39.7 Å². The van der Waals surface area contributed by atoms with Crippen molar-refractivity contribution in [2.75, 3.05) is 11.5 Å². The first-order chi connectivity index (χ1) is 23.4. The molecular formula is C29H36N16O4. The fraction of sp³-hybridized carbons (Fsp3) is 0.379. The molecule has 5 heterocycles. The molecule has 0 saturated heterocycles. The maximum absolute atomic E-state index is 12.1. The van der Waals surface area contributed by atoms with E-state index >= 15 is 0 Å².